The van der Waals surface area contributed by atoms with Crippen LogP contribution >= 0.6 is 0 Å². The number of nitrogens with two attached hydrogens (primary N) is 2. The zero-order valence-corrected chi connectivity index (χ0v) is 8.77. The fourth-order valence-electron chi connectivity index (χ4n) is 0.289. The molecule has 0 bridgehead atoms. The molecule has 6 nitrogen and oxygen atoms in total. The minimum absolute atomic E-state index is 0.0938. The third-order valence-corrected chi connectivity index (χ3v) is 1.79. The Hall–Kier alpha value is -0.240. The number of aliphatic hydroxyl groups is 4. The lowest BCUT2D eigenvalue weighted by Crippen LogP contribution is -2.36. The predicted octanol–water partition coefficient (Wildman–Crippen LogP) is -1.93. The Bertz CT molecular complexity index is 111. The lowest BCUT2D eigenvalue weighted by atomic mass is 10.2. The molecule has 0 amide bonds. The Labute approximate surface area is 84.2 Å². The summed E-state index contributed by atoms with van der Waals surface area (Å²) in [6, 6.07) is 0. The van der Waals surface area contributed by atoms with E-state index in [4.69, 9.17) is 31.9 Å². The van der Waals surface area contributed by atoms with Gasteiger partial charge in [0.1, 0.15) is 0 Å². The second-order valence-electron chi connectivity index (χ2n) is 3.08. The summed E-state index contributed by atoms with van der Waals surface area (Å²) < 4.78 is 0. The molecule has 0 spiro atoms. The molecule has 0 rings (SSSR count). The molecule has 0 aromatic heterocycles. The molecule has 0 aliphatic heterocycles. The lowest BCUT2D eigenvalue weighted by molar-refractivity contribution is -0.153. The zero-order valence-electron chi connectivity index (χ0n) is 8.77. The van der Waals surface area contributed by atoms with E-state index in [1.165, 1.54) is 0 Å². The predicted molar refractivity (Wildman–Crippen MR) is 53.0 cm³/mol. The van der Waals surface area contributed by atoms with E-state index in [0.717, 1.165) is 0 Å². The van der Waals surface area contributed by atoms with Gasteiger partial charge in [-0.2, -0.15) is 0 Å². The Morgan fingerprint density at radius 3 is 1.00 bits per heavy atom. The third kappa shape index (κ3) is 9.85. The maximum Gasteiger partial charge on any atom is 0.174 e. The summed E-state index contributed by atoms with van der Waals surface area (Å²) in [5.41, 5.74) is 9.83. The van der Waals surface area contributed by atoms with Gasteiger partial charge in [-0.25, -0.2) is 0 Å². The van der Waals surface area contributed by atoms with Gasteiger partial charge in [-0.1, -0.05) is 13.8 Å². The van der Waals surface area contributed by atoms with E-state index in [1.807, 2.05) is 0 Å². The van der Waals surface area contributed by atoms with E-state index < -0.39 is 11.6 Å². The van der Waals surface area contributed by atoms with E-state index in [-0.39, 0.29) is 25.9 Å². The molecule has 0 saturated carbocycles. The molecular formula is C8H22N2O4. The molecule has 6 heteroatoms. The summed E-state index contributed by atoms with van der Waals surface area (Å²) in [4.78, 5) is 0. The van der Waals surface area contributed by atoms with Crippen molar-refractivity contribution in [2.45, 2.75) is 38.3 Å². The van der Waals surface area contributed by atoms with E-state index in [0.29, 0.717) is 0 Å². The van der Waals surface area contributed by atoms with Crippen LogP contribution in [0.4, 0.5) is 0 Å². The molecule has 88 valence electrons. The standard InChI is InChI=1S/2C4H11NO2/c2*1-2-4(6,7)3-5/h2*6-7H,2-3,5H2,1H3. The molecule has 0 unspecified atom stereocenters. The number of hydrogen-bond acceptors (Lipinski definition) is 6. The Kier molecular flexibility index (Phi) is 8.22. The molecule has 0 aliphatic carbocycles. The molecule has 0 saturated heterocycles. The first-order valence-corrected chi connectivity index (χ1v) is 4.54. The van der Waals surface area contributed by atoms with Crippen molar-refractivity contribution in [1.29, 1.82) is 0 Å². The van der Waals surface area contributed by atoms with Gasteiger partial charge in [0.25, 0.3) is 0 Å². The largest absolute Gasteiger partial charge is 0.365 e. The van der Waals surface area contributed by atoms with Gasteiger partial charge < -0.3 is 31.9 Å². The molecule has 0 aromatic rings. The van der Waals surface area contributed by atoms with Gasteiger partial charge >= 0.3 is 0 Å². The van der Waals surface area contributed by atoms with Crippen LogP contribution in [0.1, 0.15) is 26.7 Å². The van der Waals surface area contributed by atoms with Gasteiger partial charge in [0.05, 0.1) is 0 Å². The highest BCUT2D eigenvalue weighted by Gasteiger charge is 2.16. The first-order valence-electron chi connectivity index (χ1n) is 4.54. The smallest absolute Gasteiger partial charge is 0.174 e. The summed E-state index contributed by atoms with van der Waals surface area (Å²) in [7, 11) is 0. The summed E-state index contributed by atoms with van der Waals surface area (Å²) in [5, 5.41) is 34.2. The van der Waals surface area contributed by atoms with Crippen molar-refractivity contribution in [3.8, 4) is 0 Å². The summed E-state index contributed by atoms with van der Waals surface area (Å²) in [6.07, 6.45) is 0.562. The molecule has 14 heavy (non-hydrogen) atoms. The highest BCUT2D eigenvalue weighted by molar-refractivity contribution is 4.60. The van der Waals surface area contributed by atoms with Crippen LogP contribution in [0.5, 0.6) is 0 Å². The lowest BCUT2D eigenvalue weighted by Gasteiger charge is -2.15. The SMILES string of the molecule is CCC(O)(O)CN.CCC(O)(O)CN. The van der Waals surface area contributed by atoms with E-state index in [2.05, 4.69) is 0 Å². The molecule has 0 heterocycles. The van der Waals surface area contributed by atoms with E-state index in [1.54, 1.807) is 13.8 Å². The van der Waals surface area contributed by atoms with Crippen molar-refractivity contribution < 1.29 is 20.4 Å². The van der Waals surface area contributed by atoms with E-state index >= 15 is 0 Å². The fraction of sp³-hybridized carbons (Fsp3) is 1.00. The Balaban J connectivity index is 0. The van der Waals surface area contributed by atoms with Gasteiger partial charge in [0.15, 0.2) is 11.6 Å². The molecule has 8 N–H and O–H groups in total. The van der Waals surface area contributed by atoms with E-state index in [9.17, 15) is 0 Å². The molecule has 0 radical (unpaired) electrons. The molecule has 0 aliphatic rings. The Morgan fingerprint density at radius 1 is 0.786 bits per heavy atom. The summed E-state index contributed by atoms with van der Waals surface area (Å²) in [5.74, 6) is -3.28. The van der Waals surface area contributed by atoms with Crippen molar-refractivity contribution in [1.82, 2.24) is 0 Å². The molecule has 0 atom stereocenters. The maximum absolute atomic E-state index is 8.56. The first kappa shape index (κ1) is 16.2. The normalized spacial score (nSPS) is 12.0. The van der Waals surface area contributed by atoms with Crippen molar-refractivity contribution in [2.75, 3.05) is 13.1 Å². The highest BCUT2D eigenvalue weighted by Crippen LogP contribution is 1.99. The highest BCUT2D eigenvalue weighted by atomic mass is 16.5. The topological polar surface area (TPSA) is 133 Å². The minimum atomic E-state index is -1.64. The number of rotatable bonds is 4. The summed E-state index contributed by atoms with van der Waals surface area (Å²) in [6.45, 7) is 3.13. The monoisotopic (exact) mass is 210 g/mol. The van der Waals surface area contributed by atoms with Gasteiger partial charge in [-0.05, 0) is 12.8 Å². The second kappa shape index (κ2) is 7.10. The van der Waals surface area contributed by atoms with Gasteiger partial charge in [-0.15, -0.1) is 0 Å². The average molecular weight is 210 g/mol. The van der Waals surface area contributed by atoms with Crippen molar-refractivity contribution in [3.63, 3.8) is 0 Å². The second-order valence-corrected chi connectivity index (χ2v) is 3.08. The van der Waals surface area contributed by atoms with Crippen LogP contribution in [-0.2, 0) is 0 Å². The number of hydrogen-bond donors (Lipinski definition) is 6. The van der Waals surface area contributed by atoms with Crippen LogP contribution in [0.2, 0.25) is 0 Å². The van der Waals surface area contributed by atoms with Crippen molar-refractivity contribution in [2.24, 2.45) is 11.5 Å². The van der Waals surface area contributed by atoms with Crippen LogP contribution in [0.25, 0.3) is 0 Å². The minimum Gasteiger partial charge on any atom is -0.365 e. The quantitative estimate of drug-likeness (QED) is 0.299. The van der Waals surface area contributed by atoms with Crippen LogP contribution in [0.15, 0.2) is 0 Å². The summed E-state index contributed by atoms with van der Waals surface area (Å²) >= 11 is 0. The third-order valence-electron chi connectivity index (χ3n) is 1.79. The van der Waals surface area contributed by atoms with Crippen molar-refractivity contribution in [3.05, 3.63) is 0 Å². The average Bonchev–Trinajstić information content (AvgIpc) is 2.19. The molecular weight excluding hydrogens is 188 g/mol. The van der Waals surface area contributed by atoms with Gasteiger partial charge in [0, 0.05) is 13.1 Å². The fourth-order valence-corrected chi connectivity index (χ4v) is 0.289. The van der Waals surface area contributed by atoms with Crippen LogP contribution in [-0.4, -0.2) is 45.1 Å². The van der Waals surface area contributed by atoms with Crippen molar-refractivity contribution >= 4 is 0 Å². The van der Waals surface area contributed by atoms with Crippen LogP contribution in [0, 0.1) is 0 Å². The first-order chi connectivity index (χ1) is 6.24. The van der Waals surface area contributed by atoms with Crippen LogP contribution < -0.4 is 11.5 Å². The van der Waals surface area contributed by atoms with Gasteiger partial charge in [-0.3, -0.25) is 0 Å². The van der Waals surface area contributed by atoms with Gasteiger partial charge in [0.2, 0.25) is 0 Å². The Morgan fingerprint density at radius 2 is 1.00 bits per heavy atom. The van der Waals surface area contributed by atoms with Crippen LogP contribution in [0.3, 0.4) is 0 Å². The molecule has 0 fully saturated rings. The molecule has 0 aromatic carbocycles. The maximum atomic E-state index is 8.56. The zero-order chi connectivity index (χ0) is 11.8.